The van der Waals surface area contributed by atoms with E-state index in [-0.39, 0.29) is 12.4 Å². The third-order valence-corrected chi connectivity index (χ3v) is 0.780. The van der Waals surface area contributed by atoms with E-state index < -0.39 is 0 Å². The second-order valence-electron chi connectivity index (χ2n) is 1.50. The van der Waals surface area contributed by atoms with Crippen molar-refractivity contribution < 1.29 is 9.53 Å². The molecule has 0 fully saturated rings. The maximum absolute atomic E-state index is 10.4. The van der Waals surface area contributed by atoms with Gasteiger partial charge in [0.15, 0.2) is 0 Å². The molecule has 51 valence electrons. The molecule has 0 aromatic rings. The maximum Gasteiger partial charge on any atom is 0.306 e. The van der Waals surface area contributed by atoms with E-state index in [1.807, 2.05) is 13.0 Å². The lowest BCUT2D eigenvalue weighted by atomic mass is 10.5. The van der Waals surface area contributed by atoms with Crippen LogP contribution in [0.4, 0.5) is 0 Å². The van der Waals surface area contributed by atoms with E-state index in [0.29, 0.717) is 6.61 Å². The summed E-state index contributed by atoms with van der Waals surface area (Å²) in [4.78, 5) is 10.4. The summed E-state index contributed by atoms with van der Waals surface area (Å²) < 4.78 is 4.64. The van der Waals surface area contributed by atoms with E-state index in [2.05, 4.69) is 11.7 Å². The highest BCUT2D eigenvalue weighted by atomic mass is 16.5. The number of hydrogen-bond acceptors (Lipinski definition) is 2. The first-order chi connectivity index (χ1) is 4.31. The van der Waals surface area contributed by atoms with Crippen molar-refractivity contribution in [3.8, 4) is 0 Å². The zero-order valence-electron chi connectivity index (χ0n) is 5.59. The third-order valence-electron chi connectivity index (χ3n) is 0.780. The highest BCUT2D eigenvalue weighted by Gasteiger charge is 1.92. The van der Waals surface area contributed by atoms with Crippen LogP contribution in [0.1, 0.15) is 13.3 Å². The molecular weight excluding hydrogens is 116 g/mol. The topological polar surface area (TPSA) is 26.3 Å². The van der Waals surface area contributed by atoms with Crippen LogP contribution in [0.2, 0.25) is 0 Å². The molecule has 0 saturated heterocycles. The molecule has 0 aliphatic heterocycles. The molecule has 0 aliphatic carbocycles. The summed E-state index contributed by atoms with van der Waals surface area (Å²) in [7, 11) is 0. The van der Waals surface area contributed by atoms with Gasteiger partial charge in [-0.25, -0.2) is 0 Å². The van der Waals surface area contributed by atoms with Crippen molar-refractivity contribution in [2.75, 3.05) is 6.61 Å². The average Bonchev–Trinajstić information content (AvgIpc) is 1.89. The van der Waals surface area contributed by atoms with Gasteiger partial charge >= 0.3 is 5.97 Å². The Labute approximate surface area is 55.5 Å². The summed E-state index contributed by atoms with van der Waals surface area (Å²) in [5.41, 5.74) is 0. The predicted molar refractivity (Wildman–Crippen MR) is 35.7 cm³/mol. The molecule has 0 heterocycles. The van der Waals surface area contributed by atoms with Crippen LogP contribution in [0, 0.1) is 6.92 Å². The number of carbonyl (C=O) groups excluding carboxylic acids is 1. The zero-order valence-corrected chi connectivity index (χ0v) is 5.59. The second-order valence-corrected chi connectivity index (χ2v) is 1.50. The molecule has 0 bridgehead atoms. The van der Waals surface area contributed by atoms with Crippen molar-refractivity contribution in [2.24, 2.45) is 0 Å². The molecule has 0 rings (SSSR count). The van der Waals surface area contributed by atoms with Crippen LogP contribution in [-0.2, 0) is 9.53 Å². The molecule has 0 spiro atoms. The number of carbonyl (C=O) groups is 1. The smallest absolute Gasteiger partial charge is 0.306 e. The summed E-state index contributed by atoms with van der Waals surface area (Å²) in [6.45, 7) is 5.60. The van der Waals surface area contributed by atoms with E-state index in [4.69, 9.17) is 0 Å². The fourth-order valence-electron chi connectivity index (χ4n) is 0.309. The maximum atomic E-state index is 10.4. The number of esters is 1. The van der Waals surface area contributed by atoms with Crippen LogP contribution < -0.4 is 0 Å². The molecular formula is C7H11O2. The Morgan fingerprint density at radius 3 is 2.89 bits per heavy atom. The van der Waals surface area contributed by atoms with Crippen LogP contribution in [0.15, 0.2) is 12.2 Å². The SMILES string of the molecule is [CH2]CC(=O)OCC=CC. The summed E-state index contributed by atoms with van der Waals surface area (Å²) >= 11 is 0. The van der Waals surface area contributed by atoms with E-state index in [0.717, 1.165) is 0 Å². The molecule has 1 radical (unpaired) electrons. The van der Waals surface area contributed by atoms with Crippen LogP contribution in [0.3, 0.4) is 0 Å². The summed E-state index contributed by atoms with van der Waals surface area (Å²) in [5, 5.41) is 0. The quantitative estimate of drug-likeness (QED) is 0.422. The first-order valence-electron chi connectivity index (χ1n) is 2.87. The fourth-order valence-corrected chi connectivity index (χ4v) is 0.309. The standard InChI is InChI=1S/C7H11O2/c1-3-5-6-9-7(8)4-2/h3,5H,2,4,6H2,1H3. The van der Waals surface area contributed by atoms with Gasteiger partial charge in [0.05, 0.1) is 0 Å². The van der Waals surface area contributed by atoms with E-state index >= 15 is 0 Å². The first-order valence-corrected chi connectivity index (χ1v) is 2.87. The lowest BCUT2D eigenvalue weighted by molar-refractivity contribution is -0.141. The van der Waals surface area contributed by atoms with Crippen molar-refractivity contribution in [1.82, 2.24) is 0 Å². The van der Waals surface area contributed by atoms with Crippen LogP contribution >= 0.6 is 0 Å². The van der Waals surface area contributed by atoms with Crippen molar-refractivity contribution in [1.29, 1.82) is 0 Å². The average molecular weight is 127 g/mol. The molecule has 0 atom stereocenters. The largest absolute Gasteiger partial charge is 0.461 e. The first kappa shape index (κ1) is 8.21. The van der Waals surface area contributed by atoms with E-state index in [1.165, 1.54) is 0 Å². The zero-order chi connectivity index (χ0) is 7.11. The van der Waals surface area contributed by atoms with Gasteiger partial charge in [0.2, 0.25) is 0 Å². The summed E-state index contributed by atoms with van der Waals surface area (Å²) in [5.74, 6) is -0.256. The molecule has 9 heavy (non-hydrogen) atoms. The predicted octanol–water partition coefficient (Wildman–Crippen LogP) is 1.33. The molecule has 0 aromatic carbocycles. The Balaban J connectivity index is 3.17. The van der Waals surface area contributed by atoms with Crippen LogP contribution in [0.5, 0.6) is 0 Å². The van der Waals surface area contributed by atoms with Gasteiger partial charge in [-0.3, -0.25) is 4.79 Å². The van der Waals surface area contributed by atoms with Crippen molar-refractivity contribution in [2.45, 2.75) is 13.3 Å². The van der Waals surface area contributed by atoms with Crippen LogP contribution in [0.25, 0.3) is 0 Å². The van der Waals surface area contributed by atoms with Gasteiger partial charge in [0, 0.05) is 6.42 Å². The molecule has 0 amide bonds. The van der Waals surface area contributed by atoms with E-state index in [1.54, 1.807) is 6.08 Å². The van der Waals surface area contributed by atoms with Gasteiger partial charge in [-0.2, -0.15) is 0 Å². The number of ether oxygens (including phenoxy) is 1. The number of allylic oxidation sites excluding steroid dienone is 1. The Morgan fingerprint density at radius 1 is 1.78 bits per heavy atom. The van der Waals surface area contributed by atoms with Gasteiger partial charge in [0.25, 0.3) is 0 Å². The lowest BCUT2D eigenvalue weighted by Gasteiger charge is -1.95. The monoisotopic (exact) mass is 127 g/mol. The molecule has 0 saturated carbocycles. The third kappa shape index (κ3) is 5.07. The Kier molecular flexibility index (Phi) is 4.88. The fraction of sp³-hybridized carbons (Fsp3) is 0.429. The van der Waals surface area contributed by atoms with Gasteiger partial charge in [-0.15, -0.1) is 0 Å². The van der Waals surface area contributed by atoms with E-state index in [9.17, 15) is 4.79 Å². The molecule has 0 aromatic heterocycles. The lowest BCUT2D eigenvalue weighted by Crippen LogP contribution is -2.01. The molecule has 0 unspecified atom stereocenters. The number of hydrogen-bond donors (Lipinski definition) is 0. The Bertz CT molecular complexity index is 105. The van der Waals surface area contributed by atoms with Gasteiger partial charge < -0.3 is 4.74 Å². The van der Waals surface area contributed by atoms with Crippen molar-refractivity contribution in [3.63, 3.8) is 0 Å². The Morgan fingerprint density at radius 2 is 2.44 bits per heavy atom. The number of rotatable bonds is 3. The minimum absolute atomic E-state index is 0.206. The highest BCUT2D eigenvalue weighted by Crippen LogP contribution is 1.83. The van der Waals surface area contributed by atoms with Crippen molar-refractivity contribution in [3.05, 3.63) is 19.1 Å². The summed E-state index contributed by atoms with van der Waals surface area (Å²) in [6, 6.07) is 0. The van der Waals surface area contributed by atoms with Crippen LogP contribution in [-0.4, -0.2) is 12.6 Å². The normalized spacial score (nSPS) is 10.0. The molecule has 0 N–H and O–H groups in total. The highest BCUT2D eigenvalue weighted by molar-refractivity contribution is 5.69. The Hall–Kier alpha value is -0.790. The molecule has 2 nitrogen and oxygen atoms in total. The second kappa shape index (κ2) is 5.35. The molecule has 0 aliphatic rings. The van der Waals surface area contributed by atoms with Crippen molar-refractivity contribution >= 4 is 5.97 Å². The molecule has 2 heteroatoms. The van der Waals surface area contributed by atoms with Gasteiger partial charge in [-0.05, 0) is 13.8 Å². The minimum Gasteiger partial charge on any atom is -0.461 e. The van der Waals surface area contributed by atoms with Gasteiger partial charge in [0.1, 0.15) is 6.61 Å². The van der Waals surface area contributed by atoms with Gasteiger partial charge in [-0.1, -0.05) is 12.2 Å². The summed E-state index contributed by atoms with van der Waals surface area (Å²) in [6.07, 6.45) is 3.81. The minimum atomic E-state index is -0.256.